The fourth-order valence-electron chi connectivity index (χ4n) is 9.75. The number of benzene rings is 8. The van der Waals surface area contributed by atoms with Gasteiger partial charge >= 0.3 is 37.7 Å². The zero-order chi connectivity index (χ0) is 68.7. The van der Waals surface area contributed by atoms with Crippen LogP contribution in [-0.2, 0) is 0 Å². The molecule has 480 valence electrons. The second-order valence-corrected chi connectivity index (χ2v) is 17.6. The largest absolute Gasteiger partial charge is 2.00 e. The first kappa shape index (κ1) is 72.4. The van der Waals surface area contributed by atoms with Crippen molar-refractivity contribution in [1.82, 2.24) is 0 Å². The average Bonchev–Trinajstić information content (AvgIpc) is 0.690. The van der Waals surface area contributed by atoms with Gasteiger partial charge in [0.05, 0.1) is 0 Å². The maximum absolute atomic E-state index is 15.4. The third-order valence-electron chi connectivity index (χ3n) is 13.4. The number of halogens is 40. The van der Waals surface area contributed by atoms with Crippen LogP contribution in [0.5, 0.6) is 0 Å². The predicted octanol–water partition coefficient (Wildman–Crippen LogP) is 11.3. The molecule has 0 aliphatic rings. The van der Waals surface area contributed by atoms with Gasteiger partial charge in [-0.3, -0.25) is 0 Å². The molecule has 0 bridgehead atoms. The minimum Gasteiger partial charge on any atom is -0.207 e. The Morgan fingerprint density at radius 2 is 0.132 bits per heavy atom. The Bertz CT molecular complexity index is 3430. The minimum absolute atomic E-state index is 0. The molecule has 0 N–H and O–H groups in total. The van der Waals surface area contributed by atoms with E-state index in [2.05, 4.69) is 0 Å². The summed E-state index contributed by atoms with van der Waals surface area (Å²) in [4.78, 5) is 0. The van der Waals surface area contributed by atoms with Gasteiger partial charge in [-0.25, -0.2) is 176 Å². The molecule has 0 atom stereocenters. The molecule has 0 heterocycles. The van der Waals surface area contributed by atoms with Crippen molar-refractivity contribution in [3.05, 3.63) is 233 Å². The second kappa shape index (κ2) is 24.8. The summed E-state index contributed by atoms with van der Waals surface area (Å²) in [5.41, 5.74) is -28.7. The first-order chi connectivity index (χ1) is 41.4. The monoisotopic (exact) mass is 1400 g/mol. The van der Waals surface area contributed by atoms with Crippen LogP contribution in [0.1, 0.15) is 0 Å². The third kappa shape index (κ3) is 9.85. The van der Waals surface area contributed by atoms with E-state index in [-0.39, 0.29) is 37.7 Å². The molecular formula is C48B2CaF40. The summed E-state index contributed by atoms with van der Waals surface area (Å²) >= 11 is 0. The molecule has 0 aliphatic heterocycles. The van der Waals surface area contributed by atoms with Crippen LogP contribution in [0.15, 0.2) is 0 Å². The molecule has 8 aromatic rings. The summed E-state index contributed by atoms with van der Waals surface area (Å²) in [5, 5.41) is 0. The molecule has 0 amide bonds. The van der Waals surface area contributed by atoms with Gasteiger partial charge in [0.2, 0.25) is 0 Å². The maximum Gasteiger partial charge on any atom is 2.00 e. The van der Waals surface area contributed by atoms with E-state index in [1.165, 1.54) is 0 Å². The van der Waals surface area contributed by atoms with Crippen LogP contribution in [0.3, 0.4) is 0 Å². The van der Waals surface area contributed by atoms with E-state index < -0.39 is 289 Å². The smallest absolute Gasteiger partial charge is 0.207 e. The molecule has 0 fully saturated rings. The number of rotatable bonds is 8. The van der Waals surface area contributed by atoms with Gasteiger partial charge in [0.15, 0.2) is 140 Å². The first-order valence-corrected chi connectivity index (χ1v) is 21.9. The molecule has 0 radical (unpaired) electrons. The Kier molecular flexibility index (Phi) is 19.7. The van der Waals surface area contributed by atoms with E-state index in [1.54, 1.807) is 0 Å². The Labute approximate surface area is 500 Å². The van der Waals surface area contributed by atoms with E-state index in [4.69, 9.17) is 0 Å². The van der Waals surface area contributed by atoms with Crippen LogP contribution in [-0.4, -0.2) is 50.0 Å². The van der Waals surface area contributed by atoms with Crippen molar-refractivity contribution in [2.45, 2.75) is 0 Å². The van der Waals surface area contributed by atoms with Crippen LogP contribution in [0.2, 0.25) is 0 Å². The maximum atomic E-state index is 15.4. The summed E-state index contributed by atoms with van der Waals surface area (Å²) in [6.45, 7) is 0. The molecule has 0 saturated heterocycles. The molecule has 0 aliphatic carbocycles. The molecule has 0 spiro atoms. The average molecular weight is 1400 g/mol. The summed E-state index contributed by atoms with van der Waals surface area (Å²) in [6, 6.07) is 0. The van der Waals surface area contributed by atoms with Crippen molar-refractivity contribution in [3.63, 3.8) is 0 Å². The molecule has 91 heavy (non-hydrogen) atoms. The Morgan fingerprint density at radius 3 is 0.187 bits per heavy atom. The van der Waals surface area contributed by atoms with Gasteiger partial charge in [0, 0.05) is 0 Å². The van der Waals surface area contributed by atoms with Crippen LogP contribution in [0, 0.1) is 233 Å². The van der Waals surface area contributed by atoms with E-state index in [0.29, 0.717) is 0 Å². The van der Waals surface area contributed by atoms with E-state index >= 15 is 70.2 Å². The van der Waals surface area contributed by atoms with Gasteiger partial charge < -0.3 is 0 Å². The van der Waals surface area contributed by atoms with Gasteiger partial charge in [0.1, 0.15) is 105 Å². The standard InChI is InChI=1S/2C24BF20.Ca/c2*26-5-1(6(27)14(35)21(42)13(5)34)25(2-7(28)15(36)22(43)16(37)8(2)29,3-9(30)17(38)23(44)18(39)10(3)31)4-11(32)19(40)24(45)20(41)12(4)33;/q2*-1;+2. The Morgan fingerprint density at radius 1 is 0.0879 bits per heavy atom. The number of hydrogen-bond donors (Lipinski definition) is 0. The van der Waals surface area contributed by atoms with Crippen LogP contribution >= 0.6 is 0 Å². The summed E-state index contributed by atoms with van der Waals surface area (Å²) in [5.74, 6) is -143. The van der Waals surface area contributed by atoms with Crippen molar-refractivity contribution in [2.75, 3.05) is 0 Å². The SMILES string of the molecule is Fc1c(F)c(F)c([B-](c2c(F)c(F)c(F)c(F)c2F)(c2c(F)c(F)c(F)c(F)c2F)c2c(F)c(F)c(F)c(F)c2F)c(F)c1F.Fc1c(F)c(F)c([B-](c2c(F)c(F)c(F)c(F)c2F)(c2c(F)c(F)c(F)c(F)c2F)c2c(F)c(F)c(F)c(F)c2F)c(F)c1F.[Ca+2]. The normalized spacial score (nSPS) is 11.9. The van der Waals surface area contributed by atoms with Crippen molar-refractivity contribution in [2.24, 2.45) is 0 Å². The molecular weight excluding hydrogens is 1400 g/mol. The van der Waals surface area contributed by atoms with Gasteiger partial charge in [-0.05, 0) is 0 Å². The molecule has 8 rings (SSSR count). The molecule has 0 aromatic heterocycles. The zero-order valence-electron chi connectivity index (χ0n) is 41.0. The topological polar surface area (TPSA) is 0 Å². The van der Waals surface area contributed by atoms with Crippen LogP contribution < -0.4 is 43.7 Å². The quantitative estimate of drug-likeness (QED) is 0.0616. The van der Waals surface area contributed by atoms with Crippen molar-refractivity contribution in [1.29, 1.82) is 0 Å². The molecule has 0 nitrogen and oxygen atoms in total. The number of hydrogen-bond acceptors (Lipinski definition) is 0. The van der Waals surface area contributed by atoms with Crippen molar-refractivity contribution < 1.29 is 176 Å². The molecule has 8 aromatic carbocycles. The minimum atomic E-state index is -7.22. The Hall–Kier alpha value is -7.65. The van der Waals surface area contributed by atoms with Gasteiger partial charge in [0.25, 0.3) is 0 Å². The second-order valence-electron chi connectivity index (χ2n) is 17.6. The molecule has 0 saturated carbocycles. The van der Waals surface area contributed by atoms with Crippen LogP contribution in [0.25, 0.3) is 0 Å². The van der Waals surface area contributed by atoms with Crippen LogP contribution in [0.4, 0.5) is 176 Å². The van der Waals surface area contributed by atoms with Gasteiger partial charge in [-0.15, -0.1) is 43.7 Å². The van der Waals surface area contributed by atoms with E-state index in [1.807, 2.05) is 0 Å². The molecule has 0 unspecified atom stereocenters. The fraction of sp³-hybridized carbons (Fsp3) is 0. The van der Waals surface area contributed by atoms with Gasteiger partial charge in [-0.1, -0.05) is 0 Å². The van der Waals surface area contributed by atoms with Crippen molar-refractivity contribution >= 4 is 93.7 Å². The van der Waals surface area contributed by atoms with E-state index in [9.17, 15) is 105 Å². The summed E-state index contributed by atoms with van der Waals surface area (Å²) in [6.07, 6.45) is -14.4. The zero-order valence-corrected chi connectivity index (χ0v) is 43.2. The fourth-order valence-corrected chi connectivity index (χ4v) is 9.75. The molecule has 43 heteroatoms. The third-order valence-corrected chi connectivity index (χ3v) is 13.4. The Balaban J connectivity index is 0.000000286. The van der Waals surface area contributed by atoms with Gasteiger partial charge in [-0.2, -0.15) is 0 Å². The summed E-state index contributed by atoms with van der Waals surface area (Å²) < 4.78 is 588. The predicted molar refractivity (Wildman–Crippen MR) is 224 cm³/mol. The first-order valence-electron chi connectivity index (χ1n) is 21.9. The van der Waals surface area contributed by atoms with Crippen molar-refractivity contribution in [3.8, 4) is 0 Å². The van der Waals surface area contributed by atoms with E-state index in [0.717, 1.165) is 0 Å². The summed E-state index contributed by atoms with van der Waals surface area (Å²) in [7, 11) is 0.